The van der Waals surface area contributed by atoms with Crippen molar-refractivity contribution in [3.63, 3.8) is 0 Å². The lowest BCUT2D eigenvalue weighted by atomic mass is 9.75. The maximum atomic E-state index is 9.75. The van der Waals surface area contributed by atoms with Crippen molar-refractivity contribution in [1.82, 2.24) is 5.32 Å². The van der Waals surface area contributed by atoms with E-state index in [-0.39, 0.29) is 17.9 Å². The molecular formula is C19H27NO2. The summed E-state index contributed by atoms with van der Waals surface area (Å²) in [4.78, 5) is 0. The van der Waals surface area contributed by atoms with E-state index in [0.29, 0.717) is 0 Å². The molecule has 0 saturated heterocycles. The van der Waals surface area contributed by atoms with Gasteiger partial charge in [-0.15, -0.1) is 0 Å². The Hall–Kier alpha value is -1.58. The number of hydrogen-bond donors (Lipinski definition) is 2. The van der Waals surface area contributed by atoms with E-state index < -0.39 is 0 Å². The minimum absolute atomic E-state index is 0.165. The Morgan fingerprint density at radius 3 is 2.41 bits per heavy atom. The highest BCUT2D eigenvalue weighted by molar-refractivity contribution is 5.23. The number of hydrogen-bond acceptors (Lipinski definition) is 3. The normalized spacial score (nSPS) is 13.3. The van der Waals surface area contributed by atoms with Crippen LogP contribution in [0.25, 0.3) is 0 Å². The zero-order valence-corrected chi connectivity index (χ0v) is 14.0. The van der Waals surface area contributed by atoms with E-state index in [2.05, 4.69) is 49.5 Å². The third-order valence-electron chi connectivity index (χ3n) is 4.36. The third kappa shape index (κ3) is 3.99. The standard InChI is InChI=1S/C19H27NO2/c1-14-10-17(15(2)22-14)11-20-12-18(19(3,4)13-21)16-8-6-5-7-9-16/h5-10,18,20-21H,11-13H2,1-4H3. The Morgan fingerprint density at radius 2 is 1.86 bits per heavy atom. The second kappa shape index (κ2) is 7.12. The third-order valence-corrected chi connectivity index (χ3v) is 4.36. The van der Waals surface area contributed by atoms with Crippen molar-refractivity contribution < 1.29 is 9.52 Å². The molecule has 1 unspecified atom stereocenters. The number of aliphatic hydroxyl groups excluding tert-OH is 1. The van der Waals surface area contributed by atoms with Crippen LogP contribution >= 0.6 is 0 Å². The molecular weight excluding hydrogens is 274 g/mol. The first-order chi connectivity index (χ1) is 10.4. The van der Waals surface area contributed by atoms with E-state index in [9.17, 15) is 5.11 Å². The van der Waals surface area contributed by atoms with Crippen molar-refractivity contribution in [3.05, 3.63) is 59.0 Å². The molecule has 1 heterocycles. The average Bonchev–Trinajstić information content (AvgIpc) is 2.82. The van der Waals surface area contributed by atoms with Gasteiger partial charge in [0.15, 0.2) is 0 Å². The summed E-state index contributed by atoms with van der Waals surface area (Å²) >= 11 is 0. The second-order valence-corrected chi connectivity index (χ2v) is 6.68. The van der Waals surface area contributed by atoms with Gasteiger partial charge in [0.1, 0.15) is 11.5 Å². The van der Waals surface area contributed by atoms with Gasteiger partial charge < -0.3 is 14.8 Å². The smallest absolute Gasteiger partial charge is 0.105 e. The lowest BCUT2D eigenvalue weighted by Crippen LogP contribution is -2.34. The van der Waals surface area contributed by atoms with Crippen molar-refractivity contribution in [2.45, 2.75) is 40.2 Å². The highest BCUT2D eigenvalue weighted by Gasteiger charge is 2.29. The molecule has 0 bridgehead atoms. The summed E-state index contributed by atoms with van der Waals surface area (Å²) < 4.78 is 5.57. The Morgan fingerprint density at radius 1 is 1.18 bits per heavy atom. The van der Waals surface area contributed by atoms with Crippen LogP contribution in [0.3, 0.4) is 0 Å². The lowest BCUT2D eigenvalue weighted by molar-refractivity contribution is 0.129. The maximum absolute atomic E-state index is 9.75. The zero-order valence-electron chi connectivity index (χ0n) is 14.0. The molecule has 0 radical (unpaired) electrons. The summed E-state index contributed by atoms with van der Waals surface area (Å²) in [5.41, 5.74) is 2.29. The molecule has 3 heteroatoms. The van der Waals surface area contributed by atoms with E-state index in [0.717, 1.165) is 24.6 Å². The molecule has 0 aliphatic rings. The predicted octanol–water partition coefficient (Wildman–Crippen LogP) is 3.79. The van der Waals surface area contributed by atoms with Crippen LogP contribution in [0, 0.1) is 19.3 Å². The van der Waals surface area contributed by atoms with Crippen LogP contribution in [0.15, 0.2) is 40.8 Å². The average molecular weight is 301 g/mol. The van der Waals surface area contributed by atoms with Crippen LogP contribution < -0.4 is 5.32 Å². The van der Waals surface area contributed by atoms with Gasteiger partial charge in [0.25, 0.3) is 0 Å². The highest BCUT2D eigenvalue weighted by Crippen LogP contribution is 2.34. The predicted molar refractivity (Wildman–Crippen MR) is 89.9 cm³/mol. The van der Waals surface area contributed by atoms with Crippen LogP contribution in [-0.2, 0) is 6.54 Å². The fraction of sp³-hybridized carbons (Fsp3) is 0.474. The molecule has 2 rings (SSSR count). The van der Waals surface area contributed by atoms with Gasteiger partial charge in [-0.2, -0.15) is 0 Å². The second-order valence-electron chi connectivity index (χ2n) is 6.68. The zero-order chi connectivity index (χ0) is 16.2. The topological polar surface area (TPSA) is 45.4 Å². The summed E-state index contributed by atoms with van der Waals surface area (Å²) in [5, 5.41) is 13.3. The van der Waals surface area contributed by atoms with E-state index in [4.69, 9.17) is 4.42 Å². The summed E-state index contributed by atoms with van der Waals surface area (Å²) in [5.74, 6) is 2.18. The number of nitrogens with one attached hydrogen (secondary N) is 1. The van der Waals surface area contributed by atoms with Gasteiger partial charge in [-0.05, 0) is 30.9 Å². The van der Waals surface area contributed by atoms with Crippen LogP contribution in [0.4, 0.5) is 0 Å². The van der Waals surface area contributed by atoms with E-state index in [1.807, 2.05) is 19.9 Å². The fourth-order valence-electron chi connectivity index (χ4n) is 2.85. The highest BCUT2D eigenvalue weighted by atomic mass is 16.3. The number of furan rings is 1. The SMILES string of the molecule is Cc1cc(CNCC(c2ccccc2)C(C)(C)CO)c(C)o1. The Kier molecular flexibility index (Phi) is 5.43. The van der Waals surface area contributed by atoms with Crippen molar-refractivity contribution >= 4 is 0 Å². The number of benzene rings is 1. The maximum Gasteiger partial charge on any atom is 0.105 e. The molecule has 2 aromatic rings. The fourth-order valence-corrected chi connectivity index (χ4v) is 2.85. The van der Waals surface area contributed by atoms with Crippen LogP contribution in [-0.4, -0.2) is 18.3 Å². The first-order valence-corrected chi connectivity index (χ1v) is 7.86. The van der Waals surface area contributed by atoms with Gasteiger partial charge in [0.05, 0.1) is 0 Å². The number of rotatable bonds is 7. The quantitative estimate of drug-likeness (QED) is 0.818. The van der Waals surface area contributed by atoms with Crippen molar-refractivity contribution in [3.8, 4) is 0 Å². The molecule has 0 spiro atoms. The largest absolute Gasteiger partial charge is 0.466 e. The summed E-state index contributed by atoms with van der Waals surface area (Å²) in [6, 6.07) is 12.5. The molecule has 120 valence electrons. The number of aryl methyl sites for hydroxylation is 2. The summed E-state index contributed by atoms with van der Waals surface area (Å²) in [6.45, 7) is 9.96. The van der Waals surface area contributed by atoms with Gasteiger partial charge in [-0.1, -0.05) is 44.2 Å². The van der Waals surface area contributed by atoms with Crippen molar-refractivity contribution in [1.29, 1.82) is 0 Å². The molecule has 3 nitrogen and oxygen atoms in total. The van der Waals surface area contributed by atoms with E-state index in [1.165, 1.54) is 11.1 Å². The van der Waals surface area contributed by atoms with Gasteiger partial charge in [-0.3, -0.25) is 0 Å². The van der Waals surface area contributed by atoms with E-state index >= 15 is 0 Å². The molecule has 0 fully saturated rings. The molecule has 0 amide bonds. The molecule has 22 heavy (non-hydrogen) atoms. The van der Waals surface area contributed by atoms with Gasteiger partial charge in [-0.25, -0.2) is 0 Å². The molecule has 2 N–H and O–H groups in total. The van der Waals surface area contributed by atoms with Crippen LogP contribution in [0.2, 0.25) is 0 Å². The van der Waals surface area contributed by atoms with Gasteiger partial charge in [0.2, 0.25) is 0 Å². The Bertz CT molecular complexity index is 587. The molecule has 0 aliphatic carbocycles. The molecule has 0 aliphatic heterocycles. The molecule has 1 aromatic heterocycles. The Labute approximate surface area is 133 Å². The van der Waals surface area contributed by atoms with Crippen LogP contribution in [0.5, 0.6) is 0 Å². The number of aliphatic hydroxyl groups is 1. The molecule has 0 saturated carbocycles. The van der Waals surface area contributed by atoms with Crippen molar-refractivity contribution in [2.24, 2.45) is 5.41 Å². The summed E-state index contributed by atoms with van der Waals surface area (Å²) in [6.07, 6.45) is 0. The monoisotopic (exact) mass is 301 g/mol. The van der Waals surface area contributed by atoms with E-state index in [1.54, 1.807) is 0 Å². The first-order valence-electron chi connectivity index (χ1n) is 7.86. The first kappa shape index (κ1) is 16.8. The molecule has 1 atom stereocenters. The molecule has 1 aromatic carbocycles. The Balaban J connectivity index is 2.06. The minimum atomic E-state index is -0.171. The summed E-state index contributed by atoms with van der Waals surface area (Å²) in [7, 11) is 0. The lowest BCUT2D eigenvalue weighted by Gasteiger charge is -2.33. The van der Waals surface area contributed by atoms with Crippen molar-refractivity contribution in [2.75, 3.05) is 13.2 Å². The van der Waals surface area contributed by atoms with Crippen LogP contribution in [0.1, 0.15) is 42.4 Å². The van der Waals surface area contributed by atoms with Gasteiger partial charge >= 0.3 is 0 Å². The minimum Gasteiger partial charge on any atom is -0.466 e. The van der Waals surface area contributed by atoms with Gasteiger partial charge in [0, 0.05) is 31.2 Å².